The third-order valence-electron chi connectivity index (χ3n) is 4.31. The second-order valence-corrected chi connectivity index (χ2v) is 6.09. The second-order valence-electron chi connectivity index (χ2n) is 6.09. The maximum atomic E-state index is 12.3. The van der Waals surface area contributed by atoms with Gasteiger partial charge < -0.3 is 15.0 Å². The van der Waals surface area contributed by atoms with Crippen LogP contribution in [0.25, 0.3) is 0 Å². The van der Waals surface area contributed by atoms with Crippen LogP contribution in [0, 0.1) is 6.92 Å². The van der Waals surface area contributed by atoms with E-state index >= 15 is 0 Å². The third kappa shape index (κ3) is 4.63. The van der Waals surface area contributed by atoms with Gasteiger partial charge in [0.2, 0.25) is 5.91 Å². The molecule has 2 aromatic rings. The molecule has 26 heavy (non-hydrogen) atoms. The predicted octanol–water partition coefficient (Wildman–Crippen LogP) is 3.35. The SMILES string of the molecule is CCc1cccc(C)c1N(CCNC(=O)c1cccc(OC)c1)C(C)=O. The van der Waals surface area contributed by atoms with E-state index in [0.29, 0.717) is 24.4 Å². The number of hydrogen-bond donors (Lipinski definition) is 1. The van der Waals surface area contributed by atoms with Crippen LogP contribution in [0.5, 0.6) is 5.75 Å². The van der Waals surface area contributed by atoms with Crippen molar-refractivity contribution >= 4 is 17.5 Å². The molecule has 0 saturated carbocycles. The number of benzene rings is 2. The number of rotatable bonds is 7. The lowest BCUT2D eigenvalue weighted by atomic mass is 10.0. The zero-order chi connectivity index (χ0) is 19.1. The minimum Gasteiger partial charge on any atom is -0.497 e. The summed E-state index contributed by atoms with van der Waals surface area (Å²) in [6.07, 6.45) is 0.844. The third-order valence-corrected chi connectivity index (χ3v) is 4.31. The van der Waals surface area contributed by atoms with E-state index in [2.05, 4.69) is 12.2 Å². The molecule has 0 spiro atoms. The Morgan fingerprint density at radius 2 is 1.88 bits per heavy atom. The number of anilines is 1. The summed E-state index contributed by atoms with van der Waals surface area (Å²) in [6, 6.07) is 13.0. The molecule has 2 aromatic carbocycles. The average molecular weight is 354 g/mol. The molecule has 0 aliphatic heterocycles. The molecule has 1 N–H and O–H groups in total. The zero-order valence-corrected chi connectivity index (χ0v) is 15.8. The van der Waals surface area contributed by atoms with Crippen molar-refractivity contribution in [1.82, 2.24) is 5.32 Å². The highest BCUT2D eigenvalue weighted by Crippen LogP contribution is 2.25. The normalized spacial score (nSPS) is 10.3. The Labute approximate surface area is 155 Å². The van der Waals surface area contributed by atoms with Crippen LogP contribution >= 0.6 is 0 Å². The first kappa shape index (κ1) is 19.5. The first-order valence-corrected chi connectivity index (χ1v) is 8.76. The fourth-order valence-electron chi connectivity index (χ4n) is 2.97. The van der Waals surface area contributed by atoms with Gasteiger partial charge in [-0.05, 0) is 42.7 Å². The Hall–Kier alpha value is -2.82. The molecule has 138 valence electrons. The largest absolute Gasteiger partial charge is 0.497 e. The van der Waals surface area contributed by atoms with E-state index in [1.54, 1.807) is 43.2 Å². The number of aryl methyl sites for hydroxylation is 2. The molecule has 0 aromatic heterocycles. The second kappa shape index (κ2) is 9.04. The van der Waals surface area contributed by atoms with Crippen LogP contribution < -0.4 is 15.0 Å². The molecule has 0 saturated heterocycles. The summed E-state index contributed by atoms with van der Waals surface area (Å²) in [6.45, 7) is 6.41. The highest BCUT2D eigenvalue weighted by atomic mass is 16.5. The minimum absolute atomic E-state index is 0.0374. The number of ether oxygens (including phenoxy) is 1. The number of carbonyl (C=O) groups excluding carboxylic acids is 2. The molecule has 0 bridgehead atoms. The molecular weight excluding hydrogens is 328 g/mol. The maximum absolute atomic E-state index is 12.3. The van der Waals surface area contributed by atoms with Gasteiger partial charge in [0, 0.05) is 31.3 Å². The van der Waals surface area contributed by atoms with Gasteiger partial charge >= 0.3 is 0 Å². The highest BCUT2D eigenvalue weighted by Gasteiger charge is 2.17. The van der Waals surface area contributed by atoms with Crippen molar-refractivity contribution in [2.24, 2.45) is 0 Å². The molecule has 5 heteroatoms. The number of nitrogens with zero attached hydrogens (tertiary/aromatic N) is 1. The van der Waals surface area contributed by atoms with E-state index in [4.69, 9.17) is 4.74 Å². The lowest BCUT2D eigenvalue weighted by Gasteiger charge is -2.26. The number of para-hydroxylation sites is 1. The summed E-state index contributed by atoms with van der Waals surface area (Å²) in [5.74, 6) is 0.410. The standard InChI is InChI=1S/C21H26N2O3/c1-5-17-9-6-8-15(2)20(17)23(16(3)24)13-12-22-21(25)18-10-7-11-19(14-18)26-4/h6-11,14H,5,12-13H2,1-4H3,(H,22,25). The zero-order valence-electron chi connectivity index (χ0n) is 15.8. The molecule has 2 rings (SSSR count). The first-order chi connectivity index (χ1) is 12.5. The Balaban J connectivity index is 2.08. The highest BCUT2D eigenvalue weighted by molar-refractivity contribution is 5.95. The summed E-state index contributed by atoms with van der Waals surface area (Å²) in [7, 11) is 1.56. The van der Waals surface area contributed by atoms with Crippen LogP contribution in [-0.4, -0.2) is 32.0 Å². The predicted molar refractivity (Wildman–Crippen MR) is 104 cm³/mol. The molecule has 0 unspecified atom stereocenters. The molecule has 0 aliphatic rings. The Bertz CT molecular complexity index is 787. The molecule has 0 atom stereocenters. The van der Waals surface area contributed by atoms with Crippen molar-refractivity contribution in [3.8, 4) is 5.75 Å². The van der Waals surface area contributed by atoms with Crippen LogP contribution in [0.15, 0.2) is 42.5 Å². The summed E-state index contributed by atoms with van der Waals surface area (Å²) < 4.78 is 5.14. The van der Waals surface area contributed by atoms with Gasteiger partial charge in [-0.25, -0.2) is 0 Å². The Morgan fingerprint density at radius 3 is 2.54 bits per heavy atom. The van der Waals surface area contributed by atoms with Gasteiger partial charge in [-0.2, -0.15) is 0 Å². The molecule has 0 fully saturated rings. The van der Waals surface area contributed by atoms with Gasteiger partial charge in [0.05, 0.1) is 7.11 Å². The van der Waals surface area contributed by atoms with Crippen LogP contribution in [0.2, 0.25) is 0 Å². The van der Waals surface area contributed by atoms with Gasteiger partial charge in [-0.15, -0.1) is 0 Å². The average Bonchev–Trinajstić information content (AvgIpc) is 2.65. The summed E-state index contributed by atoms with van der Waals surface area (Å²) in [5, 5.41) is 2.87. The van der Waals surface area contributed by atoms with Gasteiger partial charge in [0.25, 0.3) is 5.91 Å². The van der Waals surface area contributed by atoms with Crippen molar-refractivity contribution in [3.05, 3.63) is 59.2 Å². The van der Waals surface area contributed by atoms with Crippen molar-refractivity contribution in [3.63, 3.8) is 0 Å². The number of hydrogen-bond acceptors (Lipinski definition) is 3. The van der Waals surface area contributed by atoms with Gasteiger partial charge in [0.1, 0.15) is 5.75 Å². The smallest absolute Gasteiger partial charge is 0.251 e. The monoisotopic (exact) mass is 354 g/mol. The summed E-state index contributed by atoms with van der Waals surface area (Å²) in [4.78, 5) is 26.2. The van der Waals surface area contributed by atoms with E-state index in [0.717, 1.165) is 23.2 Å². The van der Waals surface area contributed by atoms with Crippen molar-refractivity contribution in [2.75, 3.05) is 25.1 Å². The Kier molecular flexibility index (Phi) is 6.78. The maximum Gasteiger partial charge on any atom is 0.251 e. The molecular formula is C21H26N2O3. The minimum atomic E-state index is -0.187. The number of nitrogens with one attached hydrogen (secondary N) is 1. The van der Waals surface area contributed by atoms with E-state index < -0.39 is 0 Å². The van der Waals surface area contributed by atoms with E-state index in [-0.39, 0.29) is 11.8 Å². The number of carbonyl (C=O) groups is 2. The van der Waals surface area contributed by atoms with Crippen LogP contribution in [0.1, 0.15) is 35.3 Å². The van der Waals surface area contributed by atoms with E-state index in [1.165, 1.54) is 0 Å². The van der Waals surface area contributed by atoms with Gasteiger partial charge in [-0.3, -0.25) is 9.59 Å². The fraction of sp³-hybridized carbons (Fsp3) is 0.333. The van der Waals surface area contributed by atoms with Crippen LogP contribution in [0.4, 0.5) is 5.69 Å². The number of amides is 2. The van der Waals surface area contributed by atoms with Crippen molar-refractivity contribution in [1.29, 1.82) is 0 Å². The topological polar surface area (TPSA) is 58.6 Å². The molecule has 2 amide bonds. The molecule has 5 nitrogen and oxygen atoms in total. The van der Waals surface area contributed by atoms with E-state index in [9.17, 15) is 9.59 Å². The molecule has 0 heterocycles. The molecule has 0 radical (unpaired) electrons. The van der Waals surface area contributed by atoms with Crippen LogP contribution in [0.3, 0.4) is 0 Å². The summed E-state index contributed by atoms with van der Waals surface area (Å²) >= 11 is 0. The van der Waals surface area contributed by atoms with Crippen LogP contribution in [-0.2, 0) is 11.2 Å². The van der Waals surface area contributed by atoms with Gasteiger partial charge in [-0.1, -0.05) is 31.2 Å². The van der Waals surface area contributed by atoms with Crippen molar-refractivity contribution in [2.45, 2.75) is 27.2 Å². The quantitative estimate of drug-likeness (QED) is 0.829. The number of methoxy groups -OCH3 is 1. The summed E-state index contributed by atoms with van der Waals surface area (Å²) in [5.41, 5.74) is 3.65. The van der Waals surface area contributed by atoms with E-state index in [1.807, 2.05) is 25.1 Å². The fourth-order valence-corrected chi connectivity index (χ4v) is 2.97. The Morgan fingerprint density at radius 1 is 1.15 bits per heavy atom. The first-order valence-electron chi connectivity index (χ1n) is 8.76. The lowest BCUT2D eigenvalue weighted by molar-refractivity contribution is -0.116. The lowest BCUT2D eigenvalue weighted by Crippen LogP contribution is -2.38. The van der Waals surface area contributed by atoms with Crippen molar-refractivity contribution < 1.29 is 14.3 Å². The molecule has 0 aliphatic carbocycles. The van der Waals surface area contributed by atoms with Gasteiger partial charge in [0.15, 0.2) is 0 Å².